The summed E-state index contributed by atoms with van der Waals surface area (Å²) in [7, 11) is 0. The Balaban J connectivity index is 2.11. The molecule has 0 spiro atoms. The molecule has 0 heterocycles. The molecule has 20 nitrogen and oxygen atoms in total. The van der Waals surface area contributed by atoms with Crippen molar-refractivity contribution >= 4 is 59.1 Å². The predicted molar refractivity (Wildman–Crippen MR) is 199 cm³/mol. The van der Waals surface area contributed by atoms with Gasteiger partial charge in [-0.25, -0.2) is 0 Å². The van der Waals surface area contributed by atoms with Gasteiger partial charge in [0.1, 0.15) is 42.6 Å². The van der Waals surface area contributed by atoms with Gasteiger partial charge in [0.15, 0.2) is 0 Å². The number of carbonyl (C=O) groups is 10. The lowest BCUT2D eigenvalue weighted by Gasteiger charge is -2.27. The molecule has 2 rings (SSSR count). The molecule has 57 heavy (non-hydrogen) atoms. The summed E-state index contributed by atoms with van der Waals surface area (Å²) in [5, 5.41) is 33.2. The zero-order chi connectivity index (χ0) is 42.8. The first-order valence-corrected chi connectivity index (χ1v) is 18.2. The SMILES string of the molecule is C=CCOC(=O)CC[C@H](NC(=O)[C@H](CC(=O)O)NC(=O)C(=O)[C@H](C)NC(=O)[C@H](C)NC(=O)[C@H](Cc1ccc(O)cc1)NC(=O)[C@@H](NC(C)=O)C1CCCC1)C(N)=O. The number of nitrogens with two attached hydrogens (primary N) is 1. The van der Waals surface area contributed by atoms with Crippen LogP contribution < -0.4 is 37.6 Å². The van der Waals surface area contributed by atoms with Crippen molar-refractivity contribution in [3.8, 4) is 5.75 Å². The summed E-state index contributed by atoms with van der Waals surface area (Å²) in [4.78, 5) is 126. The number of esters is 1. The number of nitrogens with one attached hydrogen (secondary N) is 6. The third-order valence-corrected chi connectivity index (χ3v) is 8.91. The Kier molecular flexibility index (Phi) is 18.8. The van der Waals surface area contributed by atoms with Crippen molar-refractivity contribution in [2.24, 2.45) is 11.7 Å². The number of phenolic OH excluding ortho intramolecular Hbond substituents is 1. The largest absolute Gasteiger partial charge is 0.508 e. The maximum Gasteiger partial charge on any atom is 0.306 e. The minimum atomic E-state index is -1.89. The Labute approximate surface area is 328 Å². The molecule has 1 aromatic carbocycles. The number of benzene rings is 1. The van der Waals surface area contributed by atoms with Crippen molar-refractivity contribution in [1.82, 2.24) is 31.9 Å². The normalized spacial score (nSPS) is 15.5. The van der Waals surface area contributed by atoms with Crippen molar-refractivity contribution in [2.75, 3.05) is 6.61 Å². The monoisotopic (exact) mass is 801 g/mol. The molecular weight excluding hydrogens is 750 g/mol. The number of primary amides is 1. The van der Waals surface area contributed by atoms with Crippen LogP contribution in [0.2, 0.25) is 0 Å². The fraction of sp³-hybridized carbons (Fsp3) is 0.514. The van der Waals surface area contributed by atoms with Gasteiger partial charge in [0.2, 0.25) is 41.2 Å². The van der Waals surface area contributed by atoms with Crippen LogP contribution in [0.15, 0.2) is 36.9 Å². The maximum absolute atomic E-state index is 13.6. The highest BCUT2D eigenvalue weighted by molar-refractivity contribution is 6.38. The van der Waals surface area contributed by atoms with Crippen LogP contribution in [-0.4, -0.2) is 112 Å². The second-order valence-electron chi connectivity index (χ2n) is 13.6. The standard InChI is InChI=1S/C37H51N7O13/c1-5-16-57-29(49)15-14-25(32(38)51)42-35(54)27(18-28(47)48)44-37(56)31(50)19(2)39-33(52)20(3)40-34(53)26(17-22-10-12-24(46)13-11-22)43-36(55)30(41-21(4)45)23-8-6-7-9-23/h5,10-13,19-20,23,25-27,30,46H,1,6-9,14-18H2,2-4H3,(H2,38,51)(H,39,52)(H,40,53)(H,41,45)(H,42,54)(H,43,55)(H,44,56)(H,47,48)/t19-,20-,25-,26-,27-,30-/m0/s1. The highest BCUT2D eigenvalue weighted by atomic mass is 16.5. The third kappa shape index (κ3) is 16.1. The number of carboxylic acids is 1. The number of hydrogen-bond acceptors (Lipinski definition) is 12. The van der Waals surface area contributed by atoms with Gasteiger partial charge in [-0.2, -0.15) is 0 Å². The minimum absolute atomic E-state index is 0.0357. The van der Waals surface area contributed by atoms with Gasteiger partial charge in [0, 0.05) is 19.8 Å². The molecule has 1 saturated carbocycles. The van der Waals surface area contributed by atoms with E-state index in [1.807, 2.05) is 5.32 Å². The van der Waals surface area contributed by atoms with Crippen molar-refractivity contribution in [3.63, 3.8) is 0 Å². The molecule has 0 bridgehead atoms. The average molecular weight is 802 g/mol. The summed E-state index contributed by atoms with van der Waals surface area (Å²) in [5.74, 6) is -10.4. The summed E-state index contributed by atoms with van der Waals surface area (Å²) in [6.07, 6.45) is 2.63. The lowest BCUT2D eigenvalue weighted by Crippen LogP contribution is -2.59. The number of carbonyl (C=O) groups excluding carboxylic acids is 9. The maximum atomic E-state index is 13.6. The number of Topliss-reactive ketones (excluding diaryl/α,β-unsaturated/α-hetero) is 1. The molecule has 20 heteroatoms. The van der Waals surface area contributed by atoms with Crippen LogP contribution in [-0.2, 0) is 59.1 Å². The summed E-state index contributed by atoms with van der Waals surface area (Å²) < 4.78 is 4.79. The molecule has 1 aliphatic carbocycles. The number of carboxylic acid groups (broad SMARTS) is 1. The van der Waals surface area contributed by atoms with E-state index in [1.165, 1.54) is 44.2 Å². The van der Waals surface area contributed by atoms with Crippen LogP contribution in [0.25, 0.3) is 0 Å². The number of phenols is 1. The number of aliphatic carboxylic acids is 1. The molecule has 1 fully saturated rings. The highest BCUT2D eigenvalue weighted by Crippen LogP contribution is 2.28. The van der Waals surface area contributed by atoms with E-state index in [0.29, 0.717) is 18.4 Å². The van der Waals surface area contributed by atoms with E-state index in [4.69, 9.17) is 10.5 Å². The molecule has 0 radical (unpaired) electrons. The van der Waals surface area contributed by atoms with Crippen LogP contribution >= 0.6 is 0 Å². The van der Waals surface area contributed by atoms with E-state index in [0.717, 1.165) is 19.8 Å². The van der Waals surface area contributed by atoms with Crippen LogP contribution in [0.1, 0.15) is 71.3 Å². The minimum Gasteiger partial charge on any atom is -0.508 e. The second-order valence-corrected chi connectivity index (χ2v) is 13.6. The Hall–Kier alpha value is -6.34. The van der Waals surface area contributed by atoms with Gasteiger partial charge in [-0.15, -0.1) is 0 Å². The number of hydrogen-bond donors (Lipinski definition) is 9. The van der Waals surface area contributed by atoms with Crippen LogP contribution in [0.5, 0.6) is 5.75 Å². The van der Waals surface area contributed by atoms with E-state index in [1.54, 1.807) is 0 Å². The molecule has 0 saturated heterocycles. The number of aromatic hydroxyl groups is 1. The quantitative estimate of drug-likeness (QED) is 0.0333. The van der Waals surface area contributed by atoms with Crippen molar-refractivity contribution < 1.29 is 62.9 Å². The van der Waals surface area contributed by atoms with Gasteiger partial charge < -0.3 is 52.6 Å². The molecule has 312 valence electrons. The van der Waals surface area contributed by atoms with Gasteiger partial charge in [0.25, 0.3) is 5.91 Å². The fourth-order valence-corrected chi connectivity index (χ4v) is 5.88. The second kappa shape index (κ2) is 22.9. The lowest BCUT2D eigenvalue weighted by atomic mass is 9.96. The molecule has 0 unspecified atom stereocenters. The first-order chi connectivity index (χ1) is 26.8. The topological polar surface area (TPSA) is 319 Å². The zero-order valence-corrected chi connectivity index (χ0v) is 32.0. The van der Waals surface area contributed by atoms with Crippen LogP contribution in [0.4, 0.5) is 0 Å². The van der Waals surface area contributed by atoms with Crippen molar-refractivity contribution in [2.45, 2.75) is 108 Å². The molecule has 0 aliphatic heterocycles. The molecule has 7 amide bonds. The first-order valence-electron chi connectivity index (χ1n) is 18.2. The highest BCUT2D eigenvalue weighted by Gasteiger charge is 2.35. The van der Waals surface area contributed by atoms with E-state index >= 15 is 0 Å². The number of amides is 7. The molecule has 6 atom stereocenters. The summed E-state index contributed by atoms with van der Waals surface area (Å²) in [6, 6.07) is -2.63. The Bertz CT molecular complexity index is 1680. The van der Waals surface area contributed by atoms with Crippen LogP contribution in [0.3, 0.4) is 0 Å². The molecule has 0 aromatic heterocycles. The number of rotatable bonds is 23. The lowest BCUT2D eigenvalue weighted by molar-refractivity contribution is -0.144. The van der Waals surface area contributed by atoms with E-state index < -0.39 is 102 Å². The van der Waals surface area contributed by atoms with Gasteiger partial charge >= 0.3 is 11.9 Å². The molecule has 1 aromatic rings. The van der Waals surface area contributed by atoms with Gasteiger partial charge in [-0.05, 0) is 56.7 Å². The number of ketones is 1. The van der Waals surface area contributed by atoms with Gasteiger partial charge in [-0.1, -0.05) is 37.6 Å². The Morgan fingerprint density at radius 1 is 0.807 bits per heavy atom. The summed E-state index contributed by atoms with van der Waals surface area (Å²) in [6.45, 7) is 6.94. The molecule has 10 N–H and O–H groups in total. The van der Waals surface area contributed by atoms with E-state index in [2.05, 4.69) is 33.2 Å². The van der Waals surface area contributed by atoms with E-state index in [-0.39, 0.29) is 37.5 Å². The number of ether oxygens (including phenoxy) is 1. The molecule has 1 aliphatic rings. The fourth-order valence-electron chi connectivity index (χ4n) is 5.88. The first kappa shape index (κ1) is 46.8. The summed E-state index contributed by atoms with van der Waals surface area (Å²) >= 11 is 0. The predicted octanol–water partition coefficient (Wildman–Crippen LogP) is -1.87. The van der Waals surface area contributed by atoms with Crippen molar-refractivity contribution in [1.29, 1.82) is 0 Å². The van der Waals surface area contributed by atoms with Gasteiger partial charge in [-0.3, -0.25) is 47.9 Å². The smallest absolute Gasteiger partial charge is 0.306 e. The Morgan fingerprint density at radius 3 is 1.95 bits per heavy atom. The average Bonchev–Trinajstić information content (AvgIpc) is 3.68. The molecular formula is C37H51N7O13. The Morgan fingerprint density at radius 2 is 1.39 bits per heavy atom. The van der Waals surface area contributed by atoms with E-state index in [9.17, 15) is 58.2 Å². The van der Waals surface area contributed by atoms with Gasteiger partial charge in [0.05, 0.1) is 12.5 Å². The third-order valence-electron chi connectivity index (χ3n) is 8.91. The summed E-state index contributed by atoms with van der Waals surface area (Å²) in [5.41, 5.74) is 5.84. The zero-order valence-electron chi connectivity index (χ0n) is 32.0. The van der Waals surface area contributed by atoms with Crippen molar-refractivity contribution in [3.05, 3.63) is 42.5 Å². The van der Waals surface area contributed by atoms with Crippen LogP contribution in [0, 0.1) is 5.92 Å².